The Morgan fingerprint density at radius 2 is 1.60 bits per heavy atom. The average molecular weight is 412 g/mol. The van der Waals surface area contributed by atoms with Crippen LogP contribution in [0, 0.1) is 0 Å². The molecular formula is C18H15BrF3N2O+. The van der Waals surface area contributed by atoms with E-state index in [9.17, 15) is 18.0 Å². The van der Waals surface area contributed by atoms with Gasteiger partial charge in [-0.3, -0.25) is 4.79 Å². The maximum absolute atomic E-state index is 12.9. The summed E-state index contributed by atoms with van der Waals surface area (Å²) in [4.78, 5) is 12.1. The minimum absolute atomic E-state index is 0. The first-order valence-corrected chi connectivity index (χ1v) is 7.27. The molecule has 3 nitrogen and oxygen atoms in total. The summed E-state index contributed by atoms with van der Waals surface area (Å²) < 4.78 is 40.5. The molecule has 0 radical (unpaired) electrons. The number of carbonyl (C=O) groups is 1. The van der Waals surface area contributed by atoms with Crippen LogP contribution < -0.4 is 9.88 Å². The van der Waals surface area contributed by atoms with E-state index in [1.165, 1.54) is 18.2 Å². The van der Waals surface area contributed by atoms with Gasteiger partial charge in [0.15, 0.2) is 12.4 Å². The second kappa shape index (κ2) is 7.65. The molecule has 0 unspecified atom stereocenters. The number of fused-ring (bicyclic) bond motifs is 1. The number of aromatic nitrogens is 1. The number of nitrogens with one attached hydrogen (secondary N) is 1. The molecule has 0 aliphatic rings. The van der Waals surface area contributed by atoms with Crippen LogP contribution in [0.2, 0.25) is 0 Å². The Kier molecular flexibility index (Phi) is 5.79. The quantitative estimate of drug-likeness (QED) is 0.638. The normalized spacial score (nSPS) is 11.0. The highest BCUT2D eigenvalue weighted by Gasteiger charge is 2.33. The van der Waals surface area contributed by atoms with Gasteiger partial charge in [-0.2, -0.15) is 17.7 Å². The maximum Gasteiger partial charge on any atom is 0.418 e. The molecule has 0 saturated heterocycles. The van der Waals surface area contributed by atoms with E-state index in [2.05, 4.69) is 5.32 Å². The number of hydrogen-bond donors (Lipinski definition) is 1. The van der Waals surface area contributed by atoms with Crippen molar-refractivity contribution in [2.45, 2.75) is 12.7 Å². The second-order valence-corrected chi connectivity index (χ2v) is 5.34. The zero-order chi connectivity index (χ0) is 17.2. The van der Waals surface area contributed by atoms with Crippen LogP contribution in [0.5, 0.6) is 0 Å². The number of alkyl halides is 3. The van der Waals surface area contributed by atoms with Crippen molar-refractivity contribution >= 4 is 39.3 Å². The van der Waals surface area contributed by atoms with Crippen molar-refractivity contribution in [3.8, 4) is 0 Å². The van der Waals surface area contributed by atoms with Crippen molar-refractivity contribution in [3.63, 3.8) is 0 Å². The van der Waals surface area contributed by atoms with Gasteiger partial charge in [-0.1, -0.05) is 30.3 Å². The monoisotopic (exact) mass is 411 g/mol. The lowest BCUT2D eigenvalue weighted by Gasteiger charge is -2.12. The fraction of sp³-hybridized carbons (Fsp3) is 0.111. The molecule has 25 heavy (non-hydrogen) atoms. The highest BCUT2D eigenvalue weighted by atomic mass is 79.9. The first-order valence-electron chi connectivity index (χ1n) is 7.27. The third-order valence-corrected chi connectivity index (χ3v) is 3.58. The van der Waals surface area contributed by atoms with Gasteiger partial charge < -0.3 is 5.32 Å². The zero-order valence-electron chi connectivity index (χ0n) is 13.0. The number of carbonyl (C=O) groups excluding carboxylic acids is 1. The summed E-state index contributed by atoms with van der Waals surface area (Å²) in [7, 11) is 0. The first-order chi connectivity index (χ1) is 11.4. The minimum Gasteiger partial charge on any atom is -0.320 e. The van der Waals surface area contributed by atoms with Crippen LogP contribution in [0.4, 0.5) is 18.9 Å². The van der Waals surface area contributed by atoms with Crippen LogP contribution in [0.15, 0.2) is 67.0 Å². The van der Waals surface area contributed by atoms with Crippen molar-refractivity contribution in [2.75, 3.05) is 5.32 Å². The third kappa shape index (κ3) is 4.57. The summed E-state index contributed by atoms with van der Waals surface area (Å²) in [5, 5.41) is 4.31. The van der Waals surface area contributed by atoms with Gasteiger partial charge in [0.1, 0.15) is 0 Å². The van der Waals surface area contributed by atoms with Crippen molar-refractivity contribution < 1.29 is 22.5 Å². The number of pyridine rings is 1. The highest BCUT2D eigenvalue weighted by molar-refractivity contribution is 8.93. The molecule has 0 atom stereocenters. The van der Waals surface area contributed by atoms with E-state index in [0.717, 1.165) is 16.8 Å². The van der Waals surface area contributed by atoms with Crippen LogP contribution in [-0.4, -0.2) is 5.91 Å². The Morgan fingerprint density at radius 1 is 0.960 bits per heavy atom. The highest BCUT2D eigenvalue weighted by Crippen LogP contribution is 2.34. The molecule has 3 aromatic rings. The van der Waals surface area contributed by atoms with Gasteiger partial charge in [-0.05, 0) is 23.6 Å². The van der Waals surface area contributed by atoms with Gasteiger partial charge in [0.25, 0.3) is 5.91 Å². The molecule has 0 fully saturated rings. The SMILES string of the molecule is Br.O=C(C[n+]1ccc2ccccc2c1)Nc1ccccc1C(F)(F)F. The lowest BCUT2D eigenvalue weighted by Crippen LogP contribution is -2.39. The third-order valence-electron chi connectivity index (χ3n) is 3.58. The van der Waals surface area contributed by atoms with Crippen molar-refractivity contribution in [1.82, 2.24) is 0 Å². The number of benzene rings is 2. The van der Waals surface area contributed by atoms with Gasteiger partial charge in [0.05, 0.1) is 11.3 Å². The van der Waals surface area contributed by atoms with Crippen LogP contribution in [0.25, 0.3) is 10.8 Å². The summed E-state index contributed by atoms with van der Waals surface area (Å²) in [6, 6.07) is 14.4. The van der Waals surface area contributed by atoms with Gasteiger partial charge >= 0.3 is 6.18 Å². The van der Waals surface area contributed by atoms with Gasteiger partial charge in [0, 0.05) is 11.5 Å². The smallest absolute Gasteiger partial charge is 0.320 e. The Balaban J connectivity index is 0.00000225. The number of amides is 1. The summed E-state index contributed by atoms with van der Waals surface area (Å²) in [5.74, 6) is -0.521. The van der Waals surface area contributed by atoms with Crippen LogP contribution in [-0.2, 0) is 17.5 Å². The fourth-order valence-corrected chi connectivity index (χ4v) is 2.47. The van der Waals surface area contributed by atoms with Crippen LogP contribution >= 0.6 is 17.0 Å². The second-order valence-electron chi connectivity index (χ2n) is 5.34. The molecule has 0 aliphatic heterocycles. The molecular weight excluding hydrogens is 397 g/mol. The molecule has 1 aromatic heterocycles. The number of hydrogen-bond acceptors (Lipinski definition) is 1. The predicted octanol–water partition coefficient (Wildman–Crippen LogP) is 4.36. The maximum atomic E-state index is 12.9. The number of nitrogens with zero attached hydrogens (tertiary/aromatic N) is 1. The predicted molar refractivity (Wildman–Crippen MR) is 94.5 cm³/mol. The molecule has 7 heteroatoms. The Labute approximate surface area is 152 Å². The topological polar surface area (TPSA) is 33.0 Å². The van der Waals surface area contributed by atoms with Crippen LogP contribution in [0.1, 0.15) is 5.56 Å². The Bertz CT molecular complexity index is 897. The molecule has 130 valence electrons. The molecule has 0 aliphatic carbocycles. The van der Waals surface area contributed by atoms with E-state index >= 15 is 0 Å². The first kappa shape index (κ1) is 18.9. The molecule has 0 spiro atoms. The summed E-state index contributed by atoms with van der Waals surface area (Å²) in [6.07, 6.45) is -1.01. The fourth-order valence-electron chi connectivity index (χ4n) is 2.47. The van der Waals surface area contributed by atoms with E-state index < -0.39 is 17.6 Å². The van der Waals surface area contributed by atoms with E-state index in [1.807, 2.05) is 30.3 Å². The van der Waals surface area contributed by atoms with Crippen molar-refractivity contribution in [2.24, 2.45) is 0 Å². The van der Waals surface area contributed by atoms with E-state index in [0.29, 0.717) is 0 Å². The van der Waals surface area contributed by atoms with Gasteiger partial charge in [-0.25, -0.2) is 0 Å². The lowest BCUT2D eigenvalue weighted by molar-refractivity contribution is -0.682. The zero-order valence-corrected chi connectivity index (χ0v) is 14.7. The minimum atomic E-state index is -4.51. The Morgan fingerprint density at radius 3 is 2.32 bits per heavy atom. The van der Waals surface area contributed by atoms with Gasteiger partial charge in [-0.15, -0.1) is 17.0 Å². The molecule has 1 heterocycles. The molecule has 3 rings (SSSR count). The van der Waals surface area contributed by atoms with Crippen molar-refractivity contribution in [3.05, 3.63) is 72.6 Å². The molecule has 0 bridgehead atoms. The largest absolute Gasteiger partial charge is 0.418 e. The number of anilines is 1. The average Bonchev–Trinajstić information content (AvgIpc) is 2.54. The van der Waals surface area contributed by atoms with E-state index in [-0.39, 0.29) is 29.2 Å². The van der Waals surface area contributed by atoms with Crippen molar-refractivity contribution in [1.29, 1.82) is 0 Å². The summed E-state index contributed by atoms with van der Waals surface area (Å²) in [6.45, 7) is -0.0724. The lowest BCUT2D eigenvalue weighted by atomic mass is 10.1. The summed E-state index contributed by atoms with van der Waals surface area (Å²) in [5.41, 5.74) is -1.10. The Hall–Kier alpha value is -2.41. The number of para-hydroxylation sites is 1. The molecule has 1 N–H and O–H groups in total. The van der Waals surface area contributed by atoms with E-state index in [1.54, 1.807) is 17.0 Å². The van der Waals surface area contributed by atoms with Gasteiger partial charge in [0.2, 0.25) is 6.54 Å². The molecule has 2 aromatic carbocycles. The number of halogens is 4. The molecule has 1 amide bonds. The molecule has 0 saturated carbocycles. The van der Waals surface area contributed by atoms with Crippen LogP contribution in [0.3, 0.4) is 0 Å². The summed E-state index contributed by atoms with van der Waals surface area (Å²) >= 11 is 0. The standard InChI is InChI=1S/C18H13F3N2O.BrH/c19-18(20,21)15-7-3-4-8-16(15)22-17(24)12-23-10-9-13-5-1-2-6-14(13)11-23;/h1-11H,12H2;1H/p+1. The van der Waals surface area contributed by atoms with E-state index in [4.69, 9.17) is 0 Å². The number of rotatable bonds is 3.